The molecule has 126 valence electrons. The molecule has 0 aliphatic heterocycles. The van der Waals surface area contributed by atoms with Crippen LogP contribution in [0.1, 0.15) is 16.7 Å². The van der Waals surface area contributed by atoms with Gasteiger partial charge in [-0.2, -0.15) is 9.37 Å². The van der Waals surface area contributed by atoms with Crippen LogP contribution in [-0.2, 0) is 7.05 Å². The van der Waals surface area contributed by atoms with Crippen LogP contribution < -0.4 is 4.57 Å². The molecule has 0 radical (unpaired) electrons. The molecule has 0 N–H and O–H groups in total. The van der Waals surface area contributed by atoms with E-state index in [1.807, 2.05) is 50.7 Å². The second kappa shape index (κ2) is 5.34. The Labute approximate surface area is 143 Å². The molecule has 3 aromatic heterocycles. The number of hydrogen-bond donors (Lipinski definition) is 0. The molecule has 0 saturated carbocycles. The van der Waals surface area contributed by atoms with Crippen molar-refractivity contribution in [2.75, 3.05) is 0 Å². The molecule has 0 fully saturated rings. The number of pyridine rings is 2. The summed E-state index contributed by atoms with van der Waals surface area (Å²) in [7, 11) is 1.95. The minimum atomic E-state index is -0.888. The molecule has 3 heterocycles. The average molecular weight is 339 g/mol. The third kappa shape index (κ3) is 2.30. The third-order valence-corrected chi connectivity index (χ3v) is 4.59. The first-order chi connectivity index (χ1) is 11.9. The molecule has 0 atom stereocenters. The van der Waals surface area contributed by atoms with Crippen molar-refractivity contribution in [2.45, 2.75) is 20.8 Å². The minimum Gasteiger partial charge on any atom is -0.437 e. The van der Waals surface area contributed by atoms with Crippen molar-refractivity contribution in [1.82, 2.24) is 4.98 Å². The first-order valence-electron chi connectivity index (χ1n) is 8.02. The molecule has 0 amide bonds. The van der Waals surface area contributed by atoms with Crippen LogP contribution in [0.4, 0.5) is 8.78 Å². The number of nitrogens with zero attached hydrogens (tertiary/aromatic N) is 2. The van der Waals surface area contributed by atoms with Crippen molar-refractivity contribution in [3.05, 3.63) is 58.9 Å². The summed E-state index contributed by atoms with van der Waals surface area (Å²) in [5.41, 5.74) is 5.31. The van der Waals surface area contributed by atoms with Crippen molar-refractivity contribution in [1.29, 1.82) is 0 Å². The highest BCUT2D eigenvalue weighted by Gasteiger charge is 2.24. The Hall–Kier alpha value is -2.82. The molecule has 5 heteroatoms. The van der Waals surface area contributed by atoms with Gasteiger partial charge in [0.2, 0.25) is 17.4 Å². The second-order valence-corrected chi connectivity index (χ2v) is 6.50. The van der Waals surface area contributed by atoms with Crippen molar-refractivity contribution in [3.63, 3.8) is 0 Å². The van der Waals surface area contributed by atoms with Crippen molar-refractivity contribution >= 4 is 22.1 Å². The third-order valence-electron chi connectivity index (χ3n) is 4.59. The Morgan fingerprint density at radius 2 is 1.76 bits per heavy atom. The minimum absolute atomic E-state index is 0.0160. The SMILES string of the molecule is Cc1cc[n+](C)c(-c2c(C)cc(C)c3c2oc2nc(F)cc(F)c23)c1. The Kier molecular flexibility index (Phi) is 3.35. The van der Waals surface area contributed by atoms with Gasteiger partial charge < -0.3 is 4.42 Å². The number of furan rings is 1. The zero-order valence-electron chi connectivity index (χ0n) is 14.4. The van der Waals surface area contributed by atoms with Crippen LogP contribution in [0.5, 0.6) is 0 Å². The van der Waals surface area contributed by atoms with Crippen LogP contribution in [0.15, 0.2) is 34.9 Å². The molecule has 25 heavy (non-hydrogen) atoms. The van der Waals surface area contributed by atoms with E-state index in [1.54, 1.807) is 0 Å². The number of halogens is 2. The first kappa shape index (κ1) is 15.7. The van der Waals surface area contributed by atoms with E-state index in [1.165, 1.54) is 0 Å². The van der Waals surface area contributed by atoms with E-state index >= 15 is 0 Å². The molecular formula is C20H17F2N2O+. The lowest BCUT2D eigenvalue weighted by Crippen LogP contribution is -2.30. The largest absolute Gasteiger partial charge is 0.437 e. The molecule has 3 nitrogen and oxygen atoms in total. The topological polar surface area (TPSA) is 29.9 Å². The Balaban J connectivity index is 2.23. The second-order valence-electron chi connectivity index (χ2n) is 6.50. The van der Waals surface area contributed by atoms with Crippen LogP contribution in [0, 0.1) is 32.5 Å². The normalized spacial score (nSPS) is 11.6. The quantitative estimate of drug-likeness (QED) is 0.372. The summed E-state index contributed by atoms with van der Waals surface area (Å²) in [5.74, 6) is -1.55. The van der Waals surface area contributed by atoms with E-state index in [2.05, 4.69) is 11.1 Å². The summed E-state index contributed by atoms with van der Waals surface area (Å²) in [6.07, 6.45) is 1.97. The van der Waals surface area contributed by atoms with Crippen molar-refractivity contribution in [2.24, 2.45) is 7.05 Å². The van der Waals surface area contributed by atoms with Crippen LogP contribution >= 0.6 is 0 Å². The van der Waals surface area contributed by atoms with E-state index in [0.717, 1.165) is 34.0 Å². The van der Waals surface area contributed by atoms with E-state index in [-0.39, 0.29) is 11.1 Å². The molecule has 0 aliphatic rings. The van der Waals surface area contributed by atoms with Gasteiger partial charge in [0.15, 0.2) is 11.8 Å². The van der Waals surface area contributed by atoms with Gasteiger partial charge in [0.05, 0.1) is 10.9 Å². The van der Waals surface area contributed by atoms with Gasteiger partial charge in [0, 0.05) is 23.6 Å². The van der Waals surface area contributed by atoms with Crippen molar-refractivity contribution in [3.8, 4) is 11.3 Å². The number of aryl methyl sites for hydroxylation is 4. The van der Waals surface area contributed by atoms with Crippen LogP contribution in [-0.4, -0.2) is 4.98 Å². The fourth-order valence-corrected chi connectivity index (χ4v) is 3.47. The average Bonchev–Trinajstić information content (AvgIpc) is 2.90. The Bertz CT molecular complexity index is 1160. The summed E-state index contributed by atoms with van der Waals surface area (Å²) in [5, 5.41) is 0.868. The molecule has 0 saturated heterocycles. The lowest BCUT2D eigenvalue weighted by atomic mass is 9.96. The molecule has 0 spiro atoms. The summed E-state index contributed by atoms with van der Waals surface area (Å²) < 4.78 is 35.8. The van der Waals surface area contributed by atoms with E-state index < -0.39 is 11.8 Å². The lowest BCUT2D eigenvalue weighted by molar-refractivity contribution is -0.660. The van der Waals surface area contributed by atoms with Gasteiger partial charge in [-0.3, -0.25) is 0 Å². The summed E-state index contributed by atoms with van der Waals surface area (Å²) in [6, 6.07) is 6.86. The summed E-state index contributed by atoms with van der Waals surface area (Å²) in [4.78, 5) is 3.74. The van der Waals surface area contributed by atoms with Gasteiger partial charge in [0.25, 0.3) is 0 Å². The van der Waals surface area contributed by atoms with Gasteiger partial charge in [0.1, 0.15) is 12.9 Å². The maximum Gasteiger partial charge on any atom is 0.232 e. The molecule has 0 unspecified atom stereocenters. The molecule has 4 rings (SSSR count). The maximum absolute atomic E-state index is 14.4. The summed E-state index contributed by atoms with van der Waals surface area (Å²) >= 11 is 0. The van der Waals surface area contributed by atoms with Gasteiger partial charge in [-0.05, 0) is 37.5 Å². The van der Waals surface area contributed by atoms with Crippen LogP contribution in [0.25, 0.3) is 33.3 Å². The Morgan fingerprint density at radius 1 is 1.00 bits per heavy atom. The molecule has 1 aromatic carbocycles. The number of aromatic nitrogens is 2. The summed E-state index contributed by atoms with van der Waals surface area (Å²) in [6.45, 7) is 5.90. The zero-order chi connectivity index (χ0) is 17.9. The van der Waals surface area contributed by atoms with Crippen molar-refractivity contribution < 1.29 is 17.8 Å². The first-order valence-corrected chi connectivity index (χ1v) is 8.02. The highest BCUT2D eigenvalue weighted by molar-refractivity contribution is 6.10. The molecule has 4 aromatic rings. The fourth-order valence-electron chi connectivity index (χ4n) is 3.47. The number of benzene rings is 1. The number of rotatable bonds is 1. The van der Waals surface area contributed by atoms with Gasteiger partial charge in [-0.1, -0.05) is 6.07 Å². The highest BCUT2D eigenvalue weighted by Crippen LogP contribution is 2.39. The standard InChI is InChI=1S/C20H17F2N2O/c1-10-5-6-24(4)14(7-10)16-11(2)8-12(3)17-18-13(21)9-15(22)23-20(18)25-19(16)17/h5-9H,1-4H3/q+1. The Morgan fingerprint density at radius 3 is 2.52 bits per heavy atom. The number of hydrogen-bond acceptors (Lipinski definition) is 2. The fraction of sp³-hybridized carbons (Fsp3) is 0.200. The van der Waals surface area contributed by atoms with Crippen LogP contribution in [0.2, 0.25) is 0 Å². The molecule has 0 aliphatic carbocycles. The van der Waals surface area contributed by atoms with Crippen LogP contribution in [0.3, 0.4) is 0 Å². The monoisotopic (exact) mass is 339 g/mol. The van der Waals surface area contributed by atoms with Gasteiger partial charge in [-0.25, -0.2) is 8.96 Å². The molecular weight excluding hydrogens is 322 g/mol. The van der Waals surface area contributed by atoms with Gasteiger partial charge >= 0.3 is 0 Å². The number of fused-ring (bicyclic) bond motifs is 3. The van der Waals surface area contributed by atoms with E-state index in [9.17, 15) is 8.78 Å². The van der Waals surface area contributed by atoms with Gasteiger partial charge in [-0.15, -0.1) is 0 Å². The molecule has 0 bridgehead atoms. The lowest BCUT2D eigenvalue weighted by Gasteiger charge is -2.08. The maximum atomic E-state index is 14.4. The van der Waals surface area contributed by atoms with E-state index in [0.29, 0.717) is 11.0 Å². The predicted octanol–water partition coefficient (Wildman–Crippen LogP) is 4.68. The smallest absolute Gasteiger partial charge is 0.232 e. The highest BCUT2D eigenvalue weighted by atomic mass is 19.1. The van der Waals surface area contributed by atoms with E-state index in [4.69, 9.17) is 4.42 Å². The zero-order valence-corrected chi connectivity index (χ0v) is 14.4. The predicted molar refractivity (Wildman–Crippen MR) is 92.3 cm³/mol.